The molecule has 0 bridgehead atoms. The van der Waals surface area contributed by atoms with Crippen molar-refractivity contribution in [2.24, 2.45) is 0 Å². The fourth-order valence-corrected chi connectivity index (χ4v) is 9.89. The van der Waals surface area contributed by atoms with E-state index in [-0.39, 0.29) is 24.9 Å². The number of quaternary nitrogens is 1. The molecule has 0 saturated carbocycles. The molecular weight excluding hydrogens is 964 g/mol. The summed E-state index contributed by atoms with van der Waals surface area (Å²) in [6.45, 7) is 6.81. The second-order valence-electron chi connectivity index (χ2n) is 22.9. The molecule has 0 aliphatic carbocycles. The Bertz CT molecular complexity index is 1490. The first-order valence-electron chi connectivity index (χ1n) is 32.1. The number of rotatable bonds is 58. The minimum Gasteiger partial charge on any atom is -0.756 e. The molecule has 0 radical (unpaired) electrons. The molecule has 1 N–H and O–H groups in total. The van der Waals surface area contributed by atoms with Gasteiger partial charge in [-0.3, -0.25) is 14.2 Å². The van der Waals surface area contributed by atoms with E-state index >= 15 is 0 Å². The van der Waals surface area contributed by atoms with Gasteiger partial charge < -0.3 is 28.5 Å². The predicted octanol–water partition coefficient (Wildman–Crippen LogP) is 19.2. The summed E-state index contributed by atoms with van der Waals surface area (Å²) < 4.78 is 30.3. The summed E-state index contributed by atoms with van der Waals surface area (Å²) in [6.07, 6.45) is 70.4. The zero-order valence-corrected chi connectivity index (χ0v) is 51.6. The van der Waals surface area contributed by atoms with Crippen LogP contribution in [0, 0.1) is 0 Å². The van der Waals surface area contributed by atoms with Crippen LogP contribution < -0.4 is 10.2 Å². The Morgan fingerprint density at radius 3 is 1.21 bits per heavy atom. The largest absolute Gasteiger partial charge is 0.756 e. The van der Waals surface area contributed by atoms with Gasteiger partial charge in [-0.15, -0.1) is 0 Å². The van der Waals surface area contributed by atoms with Crippen molar-refractivity contribution in [2.75, 3.05) is 40.9 Å². The van der Waals surface area contributed by atoms with Gasteiger partial charge in [0.2, 0.25) is 5.91 Å². The molecule has 0 aliphatic rings. The number of amides is 1. The molecule has 10 heteroatoms. The third-order valence-electron chi connectivity index (χ3n) is 14.2. The van der Waals surface area contributed by atoms with Crippen LogP contribution in [0.5, 0.6) is 0 Å². The third-order valence-corrected chi connectivity index (χ3v) is 15.1. The number of nitrogens with one attached hydrogen (secondary N) is 1. The zero-order valence-electron chi connectivity index (χ0n) is 50.7. The third kappa shape index (κ3) is 56.4. The molecule has 0 saturated heterocycles. The molecule has 0 aliphatic heterocycles. The average Bonchev–Trinajstić information content (AvgIpc) is 3.38. The topological polar surface area (TPSA) is 114 Å². The maximum Gasteiger partial charge on any atom is 0.306 e. The normalized spacial score (nSPS) is 14.0. The highest BCUT2D eigenvalue weighted by atomic mass is 31.2. The lowest BCUT2D eigenvalue weighted by Crippen LogP contribution is -2.47. The Morgan fingerprint density at radius 1 is 0.461 bits per heavy atom. The van der Waals surface area contributed by atoms with Gasteiger partial charge >= 0.3 is 5.97 Å². The lowest BCUT2D eigenvalue weighted by Gasteiger charge is -2.30. The van der Waals surface area contributed by atoms with Crippen molar-refractivity contribution in [1.82, 2.24) is 5.32 Å². The lowest BCUT2D eigenvalue weighted by molar-refractivity contribution is -0.870. The summed E-state index contributed by atoms with van der Waals surface area (Å²) >= 11 is 0. The smallest absolute Gasteiger partial charge is 0.306 e. The van der Waals surface area contributed by atoms with Gasteiger partial charge in [-0.1, -0.05) is 249 Å². The summed E-state index contributed by atoms with van der Waals surface area (Å²) in [5.74, 6) is -0.546. The van der Waals surface area contributed by atoms with Gasteiger partial charge in [0.15, 0.2) is 0 Å². The van der Waals surface area contributed by atoms with Crippen LogP contribution in [0.3, 0.4) is 0 Å². The molecule has 0 fully saturated rings. The average molecular weight is 1090 g/mol. The summed E-state index contributed by atoms with van der Waals surface area (Å²) in [5.41, 5.74) is 0. The van der Waals surface area contributed by atoms with Gasteiger partial charge in [0.25, 0.3) is 7.82 Å². The van der Waals surface area contributed by atoms with Gasteiger partial charge in [0.1, 0.15) is 19.3 Å². The molecule has 1 amide bonds. The van der Waals surface area contributed by atoms with Crippen molar-refractivity contribution >= 4 is 19.7 Å². The minimum atomic E-state index is -4.70. The summed E-state index contributed by atoms with van der Waals surface area (Å²) in [6, 6.07) is -0.894. The van der Waals surface area contributed by atoms with E-state index in [1.807, 2.05) is 33.3 Å². The van der Waals surface area contributed by atoms with Crippen molar-refractivity contribution in [1.29, 1.82) is 0 Å². The molecule has 0 rings (SSSR count). The Balaban J connectivity index is 5.21. The van der Waals surface area contributed by atoms with Gasteiger partial charge in [0.05, 0.1) is 33.8 Å². The highest BCUT2D eigenvalue weighted by Gasteiger charge is 2.27. The van der Waals surface area contributed by atoms with Crippen molar-refractivity contribution < 1.29 is 37.3 Å². The van der Waals surface area contributed by atoms with Crippen LogP contribution in [-0.2, 0) is 27.9 Å². The maximum atomic E-state index is 13.5. The molecule has 444 valence electrons. The number of nitrogens with zero attached hydrogens (tertiary/aromatic N) is 1. The summed E-state index contributed by atoms with van der Waals surface area (Å²) in [7, 11) is 1.18. The van der Waals surface area contributed by atoms with Crippen molar-refractivity contribution in [3.63, 3.8) is 0 Å². The van der Waals surface area contributed by atoms with Crippen LogP contribution in [0.4, 0.5) is 0 Å². The molecule has 0 aromatic carbocycles. The van der Waals surface area contributed by atoms with E-state index in [9.17, 15) is 19.0 Å². The monoisotopic (exact) mass is 1090 g/mol. The number of carbonyl (C=O) groups is 2. The standard InChI is InChI=1S/C66H123N2O7P/c1-7-10-13-16-19-22-25-28-30-32-33-34-35-37-39-41-44-47-50-53-56-59-66(70)75-64(57-54-51-48-45-42-27-24-21-18-15-12-9-3)63(62-74-76(71,72)73-61-60-68(4,5)6)67-65(69)58-55-52-49-46-43-40-38-36-31-29-26-23-20-17-14-11-8-2/h19-20,22-23,28-31,54,57,63-64H,7-18,21,24-27,32-53,55-56,58-62H2,1-6H3,(H-,67,69,71,72)/b22-19-,23-20-,30-28-,31-29-,57-54+. The Morgan fingerprint density at radius 2 is 0.803 bits per heavy atom. The van der Waals surface area contributed by atoms with Crippen molar-refractivity contribution in [3.05, 3.63) is 60.8 Å². The molecular formula is C66H123N2O7P. The molecule has 3 atom stereocenters. The van der Waals surface area contributed by atoms with Crippen LogP contribution in [-0.4, -0.2) is 69.4 Å². The Hall–Kier alpha value is -2.29. The zero-order chi connectivity index (χ0) is 55.7. The first-order chi connectivity index (χ1) is 36.9. The second kappa shape index (κ2) is 56.0. The highest BCUT2D eigenvalue weighted by molar-refractivity contribution is 7.45. The number of hydrogen-bond donors (Lipinski definition) is 1. The first kappa shape index (κ1) is 73.7. The van der Waals surface area contributed by atoms with Crippen LogP contribution in [0.25, 0.3) is 0 Å². The van der Waals surface area contributed by atoms with E-state index in [0.29, 0.717) is 17.4 Å². The quantitative estimate of drug-likeness (QED) is 0.0212. The Kier molecular flexibility index (Phi) is 54.3. The van der Waals surface area contributed by atoms with Gasteiger partial charge in [-0.05, 0) is 96.0 Å². The van der Waals surface area contributed by atoms with E-state index < -0.39 is 26.6 Å². The number of carbonyl (C=O) groups excluding carboxylic acids is 2. The highest BCUT2D eigenvalue weighted by Crippen LogP contribution is 2.38. The fraction of sp³-hybridized carbons (Fsp3) is 0.818. The van der Waals surface area contributed by atoms with E-state index in [4.69, 9.17) is 13.8 Å². The van der Waals surface area contributed by atoms with E-state index in [2.05, 4.69) is 74.7 Å². The van der Waals surface area contributed by atoms with Crippen LogP contribution in [0.15, 0.2) is 60.8 Å². The van der Waals surface area contributed by atoms with Crippen LogP contribution in [0.2, 0.25) is 0 Å². The number of unbranched alkanes of at least 4 members (excludes halogenated alkanes) is 34. The minimum absolute atomic E-state index is 0.0249. The molecule has 76 heavy (non-hydrogen) atoms. The first-order valence-corrected chi connectivity index (χ1v) is 33.6. The van der Waals surface area contributed by atoms with E-state index in [0.717, 1.165) is 83.5 Å². The van der Waals surface area contributed by atoms with Gasteiger partial charge in [-0.25, -0.2) is 0 Å². The summed E-state index contributed by atoms with van der Waals surface area (Å²) in [4.78, 5) is 40.0. The predicted molar refractivity (Wildman–Crippen MR) is 325 cm³/mol. The molecule has 0 heterocycles. The number of phosphoric ester groups is 1. The summed E-state index contributed by atoms with van der Waals surface area (Å²) in [5, 5.41) is 3.03. The molecule has 9 nitrogen and oxygen atoms in total. The maximum absolute atomic E-state index is 13.5. The number of esters is 1. The number of hydrogen-bond acceptors (Lipinski definition) is 7. The second-order valence-corrected chi connectivity index (χ2v) is 24.3. The SMILES string of the molecule is CCCCC/C=C\C/C=C\CCCCCCCCCCCCCC(=O)OC(/C=C/CCCCCCCCCCCC)C(COP(=O)([O-])OCC[N+](C)(C)C)NC(=O)CCCCCCCCC/C=C\C/C=C\CCCCC. The lowest BCUT2D eigenvalue weighted by atomic mass is 10.0. The number of likely N-dealkylation sites (N-methyl/N-ethyl adjacent to an activating group) is 1. The van der Waals surface area contributed by atoms with Crippen molar-refractivity contribution in [3.8, 4) is 0 Å². The van der Waals surface area contributed by atoms with Crippen molar-refractivity contribution in [2.45, 2.75) is 309 Å². The van der Waals surface area contributed by atoms with Crippen LogP contribution >= 0.6 is 7.82 Å². The fourth-order valence-electron chi connectivity index (χ4n) is 9.17. The molecule has 3 unspecified atom stereocenters. The molecule has 0 aromatic heterocycles. The van der Waals surface area contributed by atoms with E-state index in [1.165, 1.54) is 180 Å². The number of allylic oxidation sites excluding steroid dienone is 9. The number of phosphoric acid groups is 1. The van der Waals surface area contributed by atoms with Gasteiger partial charge in [-0.2, -0.15) is 0 Å². The van der Waals surface area contributed by atoms with Crippen LogP contribution in [0.1, 0.15) is 297 Å². The molecule has 0 spiro atoms. The number of ether oxygens (including phenoxy) is 1. The van der Waals surface area contributed by atoms with E-state index in [1.54, 1.807) is 0 Å². The Labute approximate surface area is 471 Å². The molecule has 0 aromatic rings. The van der Waals surface area contributed by atoms with Gasteiger partial charge in [0, 0.05) is 12.8 Å².